The predicted molar refractivity (Wildman–Crippen MR) is 147 cm³/mol. The Bertz CT molecular complexity index is 1460. The first-order valence-electron chi connectivity index (χ1n) is 13.7. The van der Waals surface area contributed by atoms with Gasteiger partial charge in [0.05, 0.1) is 11.1 Å². The van der Waals surface area contributed by atoms with Crippen LogP contribution >= 0.6 is 0 Å². The number of nitriles is 2. The van der Waals surface area contributed by atoms with Gasteiger partial charge in [-0.25, -0.2) is 18.7 Å². The van der Waals surface area contributed by atoms with Gasteiger partial charge < -0.3 is 14.5 Å². The number of aromatic nitrogens is 2. The molecule has 1 amide bonds. The van der Waals surface area contributed by atoms with Crippen LogP contribution in [0.1, 0.15) is 48.8 Å². The highest BCUT2D eigenvalue weighted by molar-refractivity contribution is 5.79. The van der Waals surface area contributed by atoms with Crippen LogP contribution in [0, 0.1) is 46.1 Å². The monoisotopic (exact) mass is 556 g/mol. The summed E-state index contributed by atoms with van der Waals surface area (Å²) in [5.41, 5.74) is 1.55. The summed E-state index contributed by atoms with van der Waals surface area (Å²) in [4.78, 5) is 26.2. The molecule has 0 saturated carbocycles. The van der Waals surface area contributed by atoms with Crippen molar-refractivity contribution in [3.05, 3.63) is 83.2 Å². The Balaban J connectivity index is 1.28. The highest BCUT2D eigenvalue weighted by Gasteiger charge is 2.39. The third-order valence-electron chi connectivity index (χ3n) is 8.17. The highest BCUT2D eigenvalue weighted by atomic mass is 19.2. The van der Waals surface area contributed by atoms with E-state index in [9.17, 15) is 13.6 Å². The molecular weight excluding hydrogens is 526 g/mol. The number of carbonyl (C=O) groups excluding carboxylic acids is 1. The minimum atomic E-state index is -0.921. The lowest BCUT2D eigenvalue weighted by Crippen LogP contribution is -2.49. The highest BCUT2D eigenvalue weighted by Crippen LogP contribution is 2.38. The van der Waals surface area contributed by atoms with Gasteiger partial charge in [-0.05, 0) is 62.1 Å². The van der Waals surface area contributed by atoms with Gasteiger partial charge in [0.1, 0.15) is 24.1 Å². The zero-order valence-electron chi connectivity index (χ0n) is 22.7. The van der Waals surface area contributed by atoms with Gasteiger partial charge in [-0.1, -0.05) is 6.07 Å². The summed E-state index contributed by atoms with van der Waals surface area (Å²) in [6.45, 7) is 4.19. The van der Waals surface area contributed by atoms with E-state index in [4.69, 9.17) is 15.3 Å². The lowest BCUT2D eigenvalue weighted by molar-refractivity contribution is -0.138. The van der Waals surface area contributed by atoms with Gasteiger partial charge >= 0.3 is 0 Å². The number of piperidine rings is 2. The summed E-state index contributed by atoms with van der Waals surface area (Å²) in [6.07, 6.45) is 4.66. The zero-order valence-corrected chi connectivity index (χ0v) is 22.7. The molecule has 10 heteroatoms. The van der Waals surface area contributed by atoms with Crippen molar-refractivity contribution in [1.29, 1.82) is 10.5 Å². The van der Waals surface area contributed by atoms with Crippen LogP contribution < -0.4 is 9.64 Å². The largest absolute Gasteiger partial charge is 0.474 e. The number of amides is 1. The molecule has 2 aliphatic heterocycles. The van der Waals surface area contributed by atoms with Gasteiger partial charge in [0.15, 0.2) is 11.6 Å². The molecule has 8 nitrogen and oxygen atoms in total. The fourth-order valence-corrected chi connectivity index (χ4v) is 5.87. The molecule has 2 saturated heterocycles. The van der Waals surface area contributed by atoms with E-state index in [1.54, 1.807) is 30.5 Å². The lowest BCUT2D eigenvalue weighted by atomic mass is 9.77. The predicted octanol–water partition coefficient (Wildman–Crippen LogP) is 4.81. The molecule has 4 heterocycles. The van der Waals surface area contributed by atoms with Crippen molar-refractivity contribution in [3.8, 4) is 18.0 Å². The molecular formula is C31H30F2N6O2. The van der Waals surface area contributed by atoms with Crippen LogP contribution in [0.15, 0.2) is 54.9 Å². The van der Waals surface area contributed by atoms with Crippen molar-refractivity contribution in [2.24, 2.45) is 11.8 Å². The summed E-state index contributed by atoms with van der Waals surface area (Å²) < 4.78 is 34.2. The number of rotatable bonds is 6. The third-order valence-corrected chi connectivity index (χ3v) is 8.17. The standard InChI is InChI=1S/C31H30F2N6O2/c1-20(41-30-7-3-22(16-35)18-37-30)25-10-13-39(19-26(25)24-4-5-27(32)28(33)14-24)31(40)23-8-11-38(12-9-23)29-6-2-21(15-34)17-36-29/h2-7,14,17-18,20,23,25-26H,8-13,19H2,1H3. The molecule has 0 bridgehead atoms. The maximum absolute atomic E-state index is 14.3. The Kier molecular flexibility index (Phi) is 8.39. The van der Waals surface area contributed by atoms with Crippen LogP contribution in [0.25, 0.3) is 0 Å². The van der Waals surface area contributed by atoms with E-state index >= 15 is 0 Å². The molecule has 2 aliphatic rings. The molecule has 210 valence electrons. The van der Waals surface area contributed by atoms with E-state index in [1.807, 2.05) is 24.0 Å². The number of halogens is 2. The minimum Gasteiger partial charge on any atom is -0.474 e. The van der Waals surface area contributed by atoms with Gasteiger partial charge in [0.2, 0.25) is 11.8 Å². The first-order valence-corrected chi connectivity index (χ1v) is 13.7. The van der Waals surface area contributed by atoms with Gasteiger partial charge in [0, 0.05) is 62.4 Å². The second kappa shape index (κ2) is 12.3. The smallest absolute Gasteiger partial charge is 0.225 e. The van der Waals surface area contributed by atoms with Crippen LogP contribution in [0.3, 0.4) is 0 Å². The van der Waals surface area contributed by atoms with E-state index < -0.39 is 11.6 Å². The minimum absolute atomic E-state index is 0.0748. The number of hydrogen-bond donors (Lipinski definition) is 0. The second-order valence-corrected chi connectivity index (χ2v) is 10.6. The van der Waals surface area contributed by atoms with Crippen molar-refractivity contribution in [3.63, 3.8) is 0 Å². The van der Waals surface area contributed by atoms with Crippen LogP contribution in [-0.2, 0) is 4.79 Å². The van der Waals surface area contributed by atoms with Gasteiger partial charge in [-0.2, -0.15) is 10.5 Å². The molecule has 2 aromatic heterocycles. The molecule has 2 fully saturated rings. The third kappa shape index (κ3) is 6.28. The van der Waals surface area contributed by atoms with Crippen molar-refractivity contribution >= 4 is 11.7 Å². The van der Waals surface area contributed by atoms with E-state index in [0.29, 0.717) is 68.0 Å². The van der Waals surface area contributed by atoms with Gasteiger partial charge in [-0.3, -0.25) is 4.79 Å². The van der Waals surface area contributed by atoms with Crippen molar-refractivity contribution < 1.29 is 18.3 Å². The first kappa shape index (κ1) is 28.0. The molecule has 0 aliphatic carbocycles. The number of carbonyl (C=O) groups is 1. The Morgan fingerprint density at radius 2 is 1.66 bits per heavy atom. The molecule has 1 aromatic carbocycles. The maximum Gasteiger partial charge on any atom is 0.225 e. The Hall–Kier alpha value is -4.57. The number of ether oxygens (including phenoxy) is 1. The van der Waals surface area contributed by atoms with Crippen LogP contribution in [0.4, 0.5) is 14.6 Å². The lowest BCUT2D eigenvalue weighted by Gasteiger charge is -2.43. The molecule has 0 N–H and O–H groups in total. The fourth-order valence-electron chi connectivity index (χ4n) is 5.87. The van der Waals surface area contributed by atoms with E-state index in [1.165, 1.54) is 12.3 Å². The number of anilines is 1. The summed E-state index contributed by atoms with van der Waals surface area (Å²) in [6, 6.07) is 14.9. The first-order chi connectivity index (χ1) is 19.9. The molecule has 41 heavy (non-hydrogen) atoms. The molecule has 3 atom stereocenters. The average molecular weight is 557 g/mol. The summed E-state index contributed by atoms with van der Waals surface area (Å²) in [7, 11) is 0. The molecule has 5 rings (SSSR count). The number of hydrogen-bond acceptors (Lipinski definition) is 7. The Morgan fingerprint density at radius 3 is 2.27 bits per heavy atom. The topological polar surface area (TPSA) is 106 Å². The molecule has 0 radical (unpaired) electrons. The Labute approximate surface area is 237 Å². The number of benzene rings is 1. The quantitative estimate of drug-likeness (QED) is 0.429. The van der Waals surface area contributed by atoms with Crippen molar-refractivity contribution in [2.45, 2.75) is 38.2 Å². The number of likely N-dealkylation sites (tertiary alicyclic amines) is 1. The Morgan fingerprint density at radius 1 is 0.951 bits per heavy atom. The fraction of sp³-hybridized carbons (Fsp3) is 0.387. The SMILES string of the molecule is CC(Oc1ccc(C#N)cn1)C1CCN(C(=O)C2CCN(c3ccc(C#N)cn3)CC2)CC1c1ccc(F)c(F)c1. The molecule has 3 aromatic rings. The molecule has 0 spiro atoms. The summed E-state index contributed by atoms with van der Waals surface area (Å²) >= 11 is 0. The van der Waals surface area contributed by atoms with Gasteiger partial charge in [0.25, 0.3) is 0 Å². The van der Waals surface area contributed by atoms with E-state index in [-0.39, 0.29) is 29.8 Å². The number of pyridine rings is 2. The van der Waals surface area contributed by atoms with Crippen LogP contribution in [-0.4, -0.2) is 53.1 Å². The van der Waals surface area contributed by atoms with Gasteiger partial charge in [-0.15, -0.1) is 0 Å². The normalized spacial score (nSPS) is 20.1. The zero-order chi connectivity index (χ0) is 28.9. The number of nitrogens with zero attached hydrogens (tertiary/aromatic N) is 6. The molecule has 3 unspecified atom stereocenters. The van der Waals surface area contributed by atoms with E-state index in [2.05, 4.69) is 20.9 Å². The summed E-state index contributed by atoms with van der Waals surface area (Å²) in [5.74, 6) is -1.07. The van der Waals surface area contributed by atoms with E-state index in [0.717, 1.165) is 11.9 Å². The van der Waals surface area contributed by atoms with Crippen molar-refractivity contribution in [2.75, 3.05) is 31.1 Å². The van der Waals surface area contributed by atoms with Crippen LogP contribution in [0.5, 0.6) is 5.88 Å². The van der Waals surface area contributed by atoms with Crippen molar-refractivity contribution in [1.82, 2.24) is 14.9 Å². The second-order valence-electron chi connectivity index (χ2n) is 10.6. The average Bonchev–Trinajstić information content (AvgIpc) is 3.02. The van der Waals surface area contributed by atoms with Crippen LogP contribution in [0.2, 0.25) is 0 Å². The maximum atomic E-state index is 14.3. The summed E-state index contributed by atoms with van der Waals surface area (Å²) in [5, 5.41) is 18.0.